The quantitative estimate of drug-likeness (QED) is 0.123. The highest BCUT2D eigenvalue weighted by molar-refractivity contribution is 14.1. The predicted molar refractivity (Wildman–Crippen MR) is 197 cm³/mol. The Morgan fingerprint density at radius 1 is 0.920 bits per heavy atom. The van der Waals surface area contributed by atoms with Crippen LogP contribution in [0.1, 0.15) is 50.4 Å². The molecule has 0 saturated heterocycles. The van der Waals surface area contributed by atoms with Crippen LogP contribution in [0.25, 0.3) is 6.08 Å². The fourth-order valence-electron chi connectivity index (χ4n) is 5.34. The summed E-state index contributed by atoms with van der Waals surface area (Å²) in [6, 6.07) is 17.8. The molecule has 11 nitrogen and oxygen atoms in total. The van der Waals surface area contributed by atoms with Crippen molar-refractivity contribution in [3.63, 3.8) is 0 Å². The molecule has 0 bridgehead atoms. The van der Waals surface area contributed by atoms with Crippen LogP contribution in [0, 0.1) is 3.57 Å². The van der Waals surface area contributed by atoms with Crippen LogP contribution in [0.3, 0.4) is 0 Å². The Hall–Kier alpha value is -4.63. The molecule has 0 N–H and O–H groups in total. The third-order valence-electron chi connectivity index (χ3n) is 7.53. The average Bonchev–Trinajstić information content (AvgIpc) is 3.40. The number of hydrogen-bond donors (Lipinski definition) is 0. The number of methoxy groups -OCH3 is 1. The van der Waals surface area contributed by atoms with Crippen LogP contribution >= 0.6 is 33.9 Å². The van der Waals surface area contributed by atoms with Gasteiger partial charge in [0.15, 0.2) is 34.4 Å². The molecule has 50 heavy (non-hydrogen) atoms. The largest absolute Gasteiger partial charge is 0.490 e. The Morgan fingerprint density at radius 2 is 1.66 bits per heavy atom. The molecule has 3 aromatic carbocycles. The zero-order chi connectivity index (χ0) is 35.8. The molecule has 0 spiro atoms. The maximum atomic E-state index is 14.3. The summed E-state index contributed by atoms with van der Waals surface area (Å²) in [4.78, 5) is 44.6. The summed E-state index contributed by atoms with van der Waals surface area (Å²) in [5.41, 5.74) is 2.65. The van der Waals surface area contributed by atoms with Gasteiger partial charge in [-0.3, -0.25) is 9.36 Å². The van der Waals surface area contributed by atoms with Crippen molar-refractivity contribution in [2.45, 2.75) is 40.3 Å². The summed E-state index contributed by atoms with van der Waals surface area (Å²) >= 11 is 3.42. The van der Waals surface area contributed by atoms with E-state index in [0.717, 1.165) is 14.7 Å². The SMILES string of the molecule is CCOC(=O)C1=C(C)N=c2s/c(=C/c3cc(I)c(OCc4ccccc4)c(OCC)c3)c(=O)n2[C@@H]1c1ccc(OCC(=O)OC)c(OCC)c1. The summed E-state index contributed by atoms with van der Waals surface area (Å²) < 4.78 is 36.5. The van der Waals surface area contributed by atoms with Crippen LogP contribution in [0.15, 0.2) is 81.7 Å². The second-order valence-electron chi connectivity index (χ2n) is 10.8. The number of esters is 2. The normalized spacial score (nSPS) is 14.0. The molecule has 4 aromatic rings. The number of ether oxygens (including phenoxy) is 6. The lowest BCUT2D eigenvalue weighted by atomic mass is 9.95. The van der Waals surface area contributed by atoms with Gasteiger partial charge in [0.05, 0.1) is 52.3 Å². The topological polar surface area (TPSA) is 124 Å². The Kier molecular flexibility index (Phi) is 12.4. The number of allylic oxidation sites excluding steroid dienone is 1. The van der Waals surface area contributed by atoms with Gasteiger partial charge in [-0.15, -0.1) is 0 Å². The van der Waals surface area contributed by atoms with Gasteiger partial charge in [0.2, 0.25) is 0 Å². The highest BCUT2D eigenvalue weighted by atomic mass is 127. The van der Waals surface area contributed by atoms with Crippen molar-refractivity contribution in [2.75, 3.05) is 33.5 Å². The number of thiazole rings is 1. The summed E-state index contributed by atoms with van der Waals surface area (Å²) in [7, 11) is 1.27. The van der Waals surface area contributed by atoms with Gasteiger partial charge in [-0.2, -0.15) is 0 Å². The number of halogens is 1. The first kappa shape index (κ1) is 36.6. The molecule has 1 aliphatic heterocycles. The zero-order valence-corrected chi connectivity index (χ0v) is 31.3. The summed E-state index contributed by atoms with van der Waals surface area (Å²) in [6.07, 6.45) is 1.78. The Morgan fingerprint density at radius 3 is 2.36 bits per heavy atom. The highest BCUT2D eigenvalue weighted by Gasteiger charge is 2.34. The van der Waals surface area contributed by atoms with Crippen LogP contribution in [-0.4, -0.2) is 50.0 Å². The highest BCUT2D eigenvalue weighted by Crippen LogP contribution is 2.37. The zero-order valence-electron chi connectivity index (χ0n) is 28.3. The van der Waals surface area contributed by atoms with Gasteiger partial charge in [0.1, 0.15) is 6.61 Å². The number of carbonyl (C=O) groups is 2. The van der Waals surface area contributed by atoms with Gasteiger partial charge in [-0.25, -0.2) is 14.6 Å². The summed E-state index contributed by atoms with van der Waals surface area (Å²) in [5.74, 6) is 0.687. The molecule has 1 aliphatic rings. The van der Waals surface area contributed by atoms with Crippen molar-refractivity contribution in [1.82, 2.24) is 4.57 Å². The first-order chi connectivity index (χ1) is 24.2. The van der Waals surface area contributed by atoms with Gasteiger partial charge in [-0.05, 0) is 97.3 Å². The monoisotopic (exact) mass is 812 g/mol. The van der Waals surface area contributed by atoms with Crippen LogP contribution in [0.5, 0.6) is 23.0 Å². The van der Waals surface area contributed by atoms with E-state index >= 15 is 0 Å². The Balaban J connectivity index is 1.60. The van der Waals surface area contributed by atoms with E-state index in [1.165, 1.54) is 23.0 Å². The number of fused-ring (bicyclic) bond motifs is 1. The van der Waals surface area contributed by atoms with Crippen molar-refractivity contribution in [3.05, 3.63) is 112 Å². The molecule has 2 heterocycles. The van der Waals surface area contributed by atoms with Gasteiger partial charge in [0.25, 0.3) is 5.56 Å². The van der Waals surface area contributed by atoms with E-state index in [-0.39, 0.29) is 24.3 Å². The first-order valence-corrected chi connectivity index (χ1v) is 17.9. The molecule has 1 aromatic heterocycles. The summed E-state index contributed by atoms with van der Waals surface area (Å²) in [5, 5.41) is 0. The van der Waals surface area contributed by atoms with Crippen LogP contribution in [0.2, 0.25) is 0 Å². The van der Waals surface area contributed by atoms with Crippen LogP contribution in [0.4, 0.5) is 0 Å². The van der Waals surface area contributed by atoms with Crippen molar-refractivity contribution in [2.24, 2.45) is 4.99 Å². The third kappa shape index (κ3) is 8.21. The van der Waals surface area contributed by atoms with Crippen molar-refractivity contribution in [3.8, 4) is 23.0 Å². The van der Waals surface area contributed by atoms with Crippen molar-refractivity contribution in [1.29, 1.82) is 0 Å². The minimum Gasteiger partial charge on any atom is -0.490 e. The molecule has 0 unspecified atom stereocenters. The molecular weight excluding hydrogens is 775 g/mol. The predicted octanol–water partition coefficient (Wildman–Crippen LogP) is 5.33. The average molecular weight is 813 g/mol. The van der Waals surface area contributed by atoms with E-state index in [0.29, 0.717) is 63.4 Å². The molecule has 0 saturated carbocycles. The smallest absolute Gasteiger partial charge is 0.343 e. The lowest BCUT2D eigenvalue weighted by molar-refractivity contribution is -0.143. The van der Waals surface area contributed by atoms with E-state index in [2.05, 4.69) is 27.6 Å². The standard InChI is InChI=1S/C37H37IN2O9S/c1-6-45-28-19-25(14-15-27(28)48-21-31(41)44-5)33-32(36(43)47-8-3)22(4)39-37-40(33)35(42)30(50-37)18-24-16-26(38)34(29(17-24)46-7-2)49-20-23-12-10-9-11-13-23/h9-19,33H,6-8,20-21H2,1-5H3/b30-18+/t33-/m1/s1. The number of carbonyl (C=O) groups excluding carboxylic acids is 2. The molecule has 0 amide bonds. The van der Waals surface area contributed by atoms with Gasteiger partial charge in [-0.1, -0.05) is 47.7 Å². The molecule has 0 aliphatic carbocycles. The van der Waals surface area contributed by atoms with Crippen molar-refractivity contribution < 1.29 is 38.0 Å². The molecule has 262 valence electrons. The van der Waals surface area contributed by atoms with Crippen molar-refractivity contribution >= 4 is 51.9 Å². The molecule has 0 radical (unpaired) electrons. The van der Waals surface area contributed by atoms with E-state index < -0.39 is 18.0 Å². The lowest BCUT2D eigenvalue weighted by Gasteiger charge is -2.25. The van der Waals surface area contributed by atoms with Crippen LogP contribution < -0.4 is 33.8 Å². The van der Waals surface area contributed by atoms with Crippen LogP contribution in [-0.2, 0) is 25.7 Å². The minimum absolute atomic E-state index is 0.142. The van der Waals surface area contributed by atoms with Gasteiger partial charge < -0.3 is 28.4 Å². The second kappa shape index (κ2) is 16.9. The maximum Gasteiger partial charge on any atom is 0.343 e. The second-order valence-corrected chi connectivity index (χ2v) is 13.0. The number of hydrogen-bond acceptors (Lipinski definition) is 11. The minimum atomic E-state index is -0.880. The molecule has 1 atom stereocenters. The van der Waals surface area contributed by atoms with E-state index in [1.54, 1.807) is 38.1 Å². The number of rotatable bonds is 14. The fraction of sp³-hybridized carbons (Fsp3) is 0.297. The maximum absolute atomic E-state index is 14.3. The number of aromatic nitrogens is 1. The first-order valence-electron chi connectivity index (χ1n) is 16.0. The van der Waals surface area contributed by atoms with Gasteiger partial charge in [0, 0.05) is 0 Å². The van der Waals surface area contributed by atoms with E-state index in [4.69, 9.17) is 28.4 Å². The molecule has 13 heteroatoms. The van der Waals surface area contributed by atoms with Gasteiger partial charge >= 0.3 is 11.9 Å². The van der Waals surface area contributed by atoms with E-state index in [1.807, 2.05) is 56.3 Å². The molecule has 0 fully saturated rings. The summed E-state index contributed by atoms with van der Waals surface area (Å²) in [6.45, 7) is 8.08. The van der Waals surface area contributed by atoms with E-state index in [9.17, 15) is 14.4 Å². The number of nitrogens with zero attached hydrogens (tertiary/aromatic N) is 2. The Bertz CT molecular complexity index is 2090. The fourth-order valence-corrected chi connectivity index (χ4v) is 7.17. The lowest BCUT2D eigenvalue weighted by Crippen LogP contribution is -2.40. The molecule has 5 rings (SSSR count). The number of benzene rings is 3. The molecular formula is C37H37IN2O9S. The third-order valence-corrected chi connectivity index (χ3v) is 9.31. The Labute approximate surface area is 306 Å².